The molecule has 0 heterocycles. The minimum Gasteiger partial charge on any atom is -0.480 e. The van der Waals surface area contributed by atoms with Crippen molar-refractivity contribution in [2.75, 3.05) is 0 Å². The number of aliphatic carboxylic acids is 1. The lowest BCUT2D eigenvalue weighted by atomic mass is 10.0. The predicted octanol–water partition coefficient (Wildman–Crippen LogP) is 1.17. The summed E-state index contributed by atoms with van der Waals surface area (Å²) in [6, 6.07) is -1.54. The van der Waals surface area contributed by atoms with Gasteiger partial charge in [-0.1, -0.05) is 26.0 Å². The van der Waals surface area contributed by atoms with Gasteiger partial charge in [0.1, 0.15) is 17.6 Å². The molecule has 0 aromatic heterocycles. The highest BCUT2D eigenvalue weighted by atomic mass is 31.2. The summed E-state index contributed by atoms with van der Waals surface area (Å²) in [6.45, 7) is 9.86. The quantitative estimate of drug-likeness (QED) is 0.281. The molecular formula is C12H23NO8P2. The van der Waals surface area contributed by atoms with E-state index in [0.717, 1.165) is 12.2 Å². The van der Waals surface area contributed by atoms with Crippen molar-refractivity contribution in [2.45, 2.75) is 37.9 Å². The molecule has 0 spiro atoms. The molecule has 9 nitrogen and oxygen atoms in total. The smallest absolute Gasteiger partial charge is 0.346 e. The first-order valence-corrected chi connectivity index (χ1v) is 9.99. The van der Waals surface area contributed by atoms with Crippen LogP contribution in [-0.4, -0.2) is 53.2 Å². The Morgan fingerprint density at radius 3 is 1.57 bits per heavy atom. The van der Waals surface area contributed by atoms with E-state index in [1.807, 2.05) is 0 Å². The minimum atomic E-state index is -4.95. The molecule has 0 aliphatic heterocycles. The molecule has 0 radical (unpaired) electrons. The first-order valence-electron chi connectivity index (χ1n) is 6.63. The third-order valence-corrected chi connectivity index (χ3v) is 5.39. The Labute approximate surface area is 134 Å². The van der Waals surface area contributed by atoms with E-state index in [9.17, 15) is 38.6 Å². The molecule has 0 saturated heterocycles. The van der Waals surface area contributed by atoms with Gasteiger partial charge in [0.25, 0.3) is 0 Å². The van der Waals surface area contributed by atoms with Crippen LogP contribution in [0.2, 0.25) is 0 Å². The van der Waals surface area contributed by atoms with Crippen LogP contribution in [0.5, 0.6) is 0 Å². The Kier molecular flexibility index (Phi) is 8.06. The van der Waals surface area contributed by atoms with Crippen LogP contribution in [0.3, 0.4) is 0 Å². The highest BCUT2D eigenvalue weighted by Crippen LogP contribution is 2.52. The van der Waals surface area contributed by atoms with Gasteiger partial charge in [-0.3, -0.25) is 18.8 Å². The fourth-order valence-corrected chi connectivity index (χ4v) is 4.15. The number of carboxylic acid groups (broad SMARTS) is 1. The minimum absolute atomic E-state index is 0.0794. The average molecular weight is 371 g/mol. The highest BCUT2D eigenvalue weighted by Gasteiger charge is 2.47. The second-order valence-electron chi connectivity index (χ2n) is 5.41. The van der Waals surface area contributed by atoms with E-state index in [4.69, 9.17) is 0 Å². The molecule has 0 amide bonds. The summed E-state index contributed by atoms with van der Waals surface area (Å²) in [6.07, 6.45) is 1.48. The molecule has 5 N–H and O–H groups in total. The molecule has 11 heteroatoms. The molecule has 0 aromatic carbocycles. The van der Waals surface area contributed by atoms with Crippen LogP contribution in [0.1, 0.15) is 20.3 Å². The standard InChI is InChI=1S/C12H23NO8P2/c1-5-10(22(16,17)18)13(11(6-2)23(19,20)21)9(12(14)15)7-8(3)4/h5-6,8-11H,1-2,7H2,3-4H3,(H,14,15)(H2,16,17,18)(H2,19,20,21). The Morgan fingerprint density at radius 1 is 1.04 bits per heavy atom. The summed E-state index contributed by atoms with van der Waals surface area (Å²) in [5.74, 6) is -5.42. The van der Waals surface area contributed by atoms with Crippen molar-refractivity contribution in [2.24, 2.45) is 5.92 Å². The van der Waals surface area contributed by atoms with Crippen molar-refractivity contribution >= 4 is 21.2 Å². The zero-order valence-corrected chi connectivity index (χ0v) is 14.7. The van der Waals surface area contributed by atoms with Gasteiger partial charge in [0.2, 0.25) is 0 Å². The van der Waals surface area contributed by atoms with Gasteiger partial charge in [0, 0.05) is 0 Å². The summed E-state index contributed by atoms with van der Waals surface area (Å²) in [5.41, 5.74) is 0. The Morgan fingerprint density at radius 2 is 1.39 bits per heavy atom. The molecule has 0 bridgehead atoms. The van der Waals surface area contributed by atoms with Gasteiger partial charge in [-0.25, -0.2) is 0 Å². The number of carbonyl (C=O) groups is 1. The maximum absolute atomic E-state index is 11.7. The average Bonchev–Trinajstić information content (AvgIpc) is 2.32. The topological polar surface area (TPSA) is 156 Å². The van der Waals surface area contributed by atoms with Crippen molar-refractivity contribution in [1.82, 2.24) is 4.90 Å². The van der Waals surface area contributed by atoms with E-state index in [-0.39, 0.29) is 12.3 Å². The lowest BCUT2D eigenvalue weighted by Crippen LogP contribution is -2.51. The first-order chi connectivity index (χ1) is 10.3. The zero-order chi connectivity index (χ0) is 18.6. The SMILES string of the molecule is C=CC(N(C(CC(C)C)C(=O)O)C(C=C)P(=O)(O)O)P(=O)(O)O. The normalized spacial score (nSPS) is 16.9. The van der Waals surface area contributed by atoms with Gasteiger partial charge >= 0.3 is 21.2 Å². The van der Waals surface area contributed by atoms with Crippen LogP contribution in [-0.2, 0) is 13.9 Å². The molecule has 3 unspecified atom stereocenters. The van der Waals surface area contributed by atoms with E-state index >= 15 is 0 Å². The van der Waals surface area contributed by atoms with Gasteiger partial charge in [-0.2, -0.15) is 0 Å². The summed E-state index contributed by atoms with van der Waals surface area (Å²) >= 11 is 0. The summed E-state index contributed by atoms with van der Waals surface area (Å²) < 4.78 is 23.3. The summed E-state index contributed by atoms with van der Waals surface area (Å²) in [7, 11) is -9.90. The maximum atomic E-state index is 11.7. The molecule has 0 aliphatic carbocycles. The second kappa shape index (κ2) is 8.35. The Balaban J connectivity index is 6.30. The Bertz CT molecular complexity index is 503. The summed E-state index contributed by atoms with van der Waals surface area (Å²) in [4.78, 5) is 49.9. The van der Waals surface area contributed by atoms with Crippen LogP contribution in [0.4, 0.5) is 0 Å². The van der Waals surface area contributed by atoms with Crippen LogP contribution in [0.25, 0.3) is 0 Å². The monoisotopic (exact) mass is 371 g/mol. The van der Waals surface area contributed by atoms with Gasteiger partial charge in [0.15, 0.2) is 0 Å². The van der Waals surface area contributed by atoms with E-state index in [1.54, 1.807) is 13.8 Å². The third kappa shape index (κ3) is 6.31. The number of rotatable bonds is 10. The molecule has 0 saturated carbocycles. The van der Waals surface area contributed by atoms with Crippen molar-refractivity contribution in [3.8, 4) is 0 Å². The van der Waals surface area contributed by atoms with Gasteiger partial charge in [-0.15, -0.1) is 13.2 Å². The van der Waals surface area contributed by atoms with Crippen LogP contribution in [0.15, 0.2) is 25.3 Å². The lowest BCUT2D eigenvalue weighted by molar-refractivity contribution is -0.144. The number of hydrogen-bond donors (Lipinski definition) is 5. The lowest BCUT2D eigenvalue weighted by Gasteiger charge is -2.39. The van der Waals surface area contributed by atoms with E-state index < -0.39 is 38.8 Å². The van der Waals surface area contributed by atoms with Crippen LogP contribution < -0.4 is 0 Å². The number of hydrogen-bond acceptors (Lipinski definition) is 4. The fourth-order valence-electron chi connectivity index (χ4n) is 2.19. The van der Waals surface area contributed by atoms with Crippen LogP contribution in [0, 0.1) is 5.92 Å². The zero-order valence-electron chi connectivity index (χ0n) is 12.9. The molecule has 134 valence electrons. The van der Waals surface area contributed by atoms with Gasteiger partial charge in [-0.05, 0) is 12.3 Å². The molecule has 0 fully saturated rings. The van der Waals surface area contributed by atoms with Crippen molar-refractivity contribution in [1.29, 1.82) is 0 Å². The maximum Gasteiger partial charge on any atom is 0.346 e. The molecule has 0 aliphatic rings. The van der Waals surface area contributed by atoms with Gasteiger partial charge in [0.05, 0.1) is 0 Å². The molecular weight excluding hydrogens is 348 g/mol. The molecule has 0 rings (SSSR count). The van der Waals surface area contributed by atoms with Gasteiger partial charge < -0.3 is 24.7 Å². The predicted molar refractivity (Wildman–Crippen MR) is 84.8 cm³/mol. The first kappa shape index (κ1) is 22.2. The van der Waals surface area contributed by atoms with Crippen LogP contribution >= 0.6 is 15.2 Å². The molecule has 0 aromatic rings. The summed E-state index contributed by atoms with van der Waals surface area (Å²) in [5, 5.41) is 9.40. The number of nitrogens with zero attached hydrogens (tertiary/aromatic N) is 1. The van der Waals surface area contributed by atoms with E-state index in [0.29, 0.717) is 4.90 Å². The van der Waals surface area contributed by atoms with Crippen molar-refractivity contribution in [3.05, 3.63) is 25.3 Å². The molecule has 23 heavy (non-hydrogen) atoms. The fraction of sp³-hybridized carbons (Fsp3) is 0.583. The molecule has 3 atom stereocenters. The third-order valence-electron chi connectivity index (χ3n) is 3.06. The van der Waals surface area contributed by atoms with E-state index in [2.05, 4.69) is 13.2 Å². The number of carboxylic acids is 1. The largest absolute Gasteiger partial charge is 0.480 e. The van der Waals surface area contributed by atoms with Crippen molar-refractivity contribution < 1.29 is 38.6 Å². The second-order valence-corrected chi connectivity index (χ2v) is 8.82. The van der Waals surface area contributed by atoms with Crippen molar-refractivity contribution in [3.63, 3.8) is 0 Å². The Hall–Kier alpha value is -0.790. The van der Waals surface area contributed by atoms with E-state index in [1.165, 1.54) is 0 Å². The highest BCUT2D eigenvalue weighted by molar-refractivity contribution is 7.53.